The fourth-order valence-electron chi connectivity index (χ4n) is 3.44. The van der Waals surface area contributed by atoms with Gasteiger partial charge in [-0.2, -0.15) is 0 Å². The third-order valence-electron chi connectivity index (χ3n) is 4.80. The second kappa shape index (κ2) is 8.04. The molecule has 0 spiro atoms. The molecular formula is C18H25N3O3. The van der Waals surface area contributed by atoms with E-state index in [0.29, 0.717) is 24.1 Å². The van der Waals surface area contributed by atoms with Crippen molar-refractivity contribution in [1.82, 2.24) is 15.3 Å². The minimum atomic E-state index is -0.760. The Hall–Kier alpha value is -2.24. The van der Waals surface area contributed by atoms with Crippen LogP contribution in [0.3, 0.4) is 0 Å². The summed E-state index contributed by atoms with van der Waals surface area (Å²) in [6.45, 7) is 6.81. The third kappa shape index (κ3) is 4.63. The number of carboxylic acids is 1. The van der Waals surface area contributed by atoms with Crippen molar-refractivity contribution in [2.24, 2.45) is 23.7 Å². The summed E-state index contributed by atoms with van der Waals surface area (Å²) in [7, 11) is 0. The number of aliphatic carboxylic acids is 1. The number of rotatable bonds is 6. The molecule has 2 N–H and O–H groups in total. The lowest BCUT2D eigenvalue weighted by Gasteiger charge is -2.36. The van der Waals surface area contributed by atoms with Gasteiger partial charge in [-0.3, -0.25) is 14.6 Å². The Morgan fingerprint density at radius 2 is 2.12 bits per heavy atom. The van der Waals surface area contributed by atoms with E-state index in [1.807, 2.05) is 6.92 Å². The van der Waals surface area contributed by atoms with Crippen LogP contribution in [0.25, 0.3) is 0 Å². The molecule has 6 heteroatoms. The number of carboxylic acid groups (broad SMARTS) is 1. The number of carbonyl (C=O) groups excluding carboxylic acids is 1. The molecule has 1 aliphatic carbocycles. The van der Waals surface area contributed by atoms with E-state index in [1.165, 1.54) is 18.6 Å². The van der Waals surface area contributed by atoms with Gasteiger partial charge < -0.3 is 10.4 Å². The Bertz CT molecular complexity index is 613. The standard InChI is InChI=1S/C18H25N3O3/c1-11(2)15-7-13(8-17(22)23)12(3)6-14(15)9-21-18(24)16-10-19-4-5-20-16/h4-6,10-11,13-15H,7-9H2,1-3H3,(H,21,24)(H,22,23)/t13-,14-,15-/m0/s1. The van der Waals surface area contributed by atoms with E-state index in [0.717, 1.165) is 12.0 Å². The molecule has 0 saturated carbocycles. The Morgan fingerprint density at radius 3 is 2.71 bits per heavy atom. The second-order valence-electron chi connectivity index (χ2n) is 6.81. The molecule has 1 amide bonds. The summed E-state index contributed by atoms with van der Waals surface area (Å²) < 4.78 is 0. The van der Waals surface area contributed by atoms with Gasteiger partial charge in [0.15, 0.2) is 0 Å². The van der Waals surface area contributed by atoms with Crippen molar-refractivity contribution in [3.63, 3.8) is 0 Å². The molecule has 0 aromatic carbocycles. The maximum atomic E-state index is 12.1. The number of hydrogen-bond donors (Lipinski definition) is 2. The van der Waals surface area contributed by atoms with Crippen molar-refractivity contribution >= 4 is 11.9 Å². The number of nitrogens with zero attached hydrogens (tertiary/aromatic N) is 2. The van der Waals surface area contributed by atoms with Gasteiger partial charge in [-0.1, -0.05) is 25.5 Å². The van der Waals surface area contributed by atoms with Crippen molar-refractivity contribution in [3.8, 4) is 0 Å². The van der Waals surface area contributed by atoms with Gasteiger partial charge in [0.1, 0.15) is 5.69 Å². The Morgan fingerprint density at radius 1 is 1.38 bits per heavy atom. The van der Waals surface area contributed by atoms with Crippen molar-refractivity contribution in [2.45, 2.75) is 33.6 Å². The Kier molecular flexibility index (Phi) is 6.06. The van der Waals surface area contributed by atoms with Crippen LogP contribution in [0.5, 0.6) is 0 Å². The fraction of sp³-hybridized carbons (Fsp3) is 0.556. The topological polar surface area (TPSA) is 92.2 Å². The number of allylic oxidation sites excluding steroid dienone is 1. The molecule has 1 aliphatic rings. The van der Waals surface area contributed by atoms with Gasteiger partial charge in [-0.25, -0.2) is 4.98 Å². The number of nitrogens with one attached hydrogen (secondary N) is 1. The molecule has 0 unspecified atom stereocenters. The van der Waals surface area contributed by atoms with Crippen LogP contribution in [0, 0.1) is 23.7 Å². The largest absolute Gasteiger partial charge is 0.481 e. The molecule has 2 rings (SSSR count). The molecule has 0 saturated heterocycles. The zero-order valence-electron chi connectivity index (χ0n) is 14.4. The first-order chi connectivity index (χ1) is 11.4. The van der Waals surface area contributed by atoms with Gasteiger partial charge >= 0.3 is 5.97 Å². The lowest BCUT2D eigenvalue weighted by molar-refractivity contribution is -0.138. The van der Waals surface area contributed by atoms with Gasteiger partial charge in [0.25, 0.3) is 5.91 Å². The molecule has 0 fully saturated rings. The van der Waals surface area contributed by atoms with Gasteiger partial charge in [0.2, 0.25) is 0 Å². The molecule has 3 atom stereocenters. The maximum Gasteiger partial charge on any atom is 0.303 e. The monoisotopic (exact) mass is 331 g/mol. The summed E-state index contributed by atoms with van der Waals surface area (Å²) in [5.41, 5.74) is 1.41. The SMILES string of the molecule is CC1=C[C@@H](CNC(=O)c2cnccn2)[C@H](C(C)C)C[C@H]1CC(=O)O. The van der Waals surface area contributed by atoms with E-state index in [1.54, 1.807) is 0 Å². The highest BCUT2D eigenvalue weighted by atomic mass is 16.4. The first-order valence-electron chi connectivity index (χ1n) is 8.32. The lowest BCUT2D eigenvalue weighted by Crippen LogP contribution is -2.37. The molecule has 130 valence electrons. The zero-order chi connectivity index (χ0) is 17.7. The first-order valence-corrected chi connectivity index (χ1v) is 8.32. The molecule has 1 aromatic heterocycles. The van der Waals surface area contributed by atoms with Crippen LogP contribution in [-0.4, -0.2) is 33.5 Å². The van der Waals surface area contributed by atoms with Gasteiger partial charge in [-0.05, 0) is 37.0 Å². The average Bonchev–Trinajstić information content (AvgIpc) is 2.54. The summed E-state index contributed by atoms with van der Waals surface area (Å²) in [6, 6.07) is 0. The summed E-state index contributed by atoms with van der Waals surface area (Å²) >= 11 is 0. The van der Waals surface area contributed by atoms with Crippen LogP contribution in [0.4, 0.5) is 0 Å². The number of amides is 1. The van der Waals surface area contributed by atoms with E-state index in [-0.39, 0.29) is 24.2 Å². The van der Waals surface area contributed by atoms with Crippen LogP contribution >= 0.6 is 0 Å². The molecule has 24 heavy (non-hydrogen) atoms. The summed E-state index contributed by atoms with van der Waals surface area (Å²) in [4.78, 5) is 31.1. The molecule has 1 heterocycles. The number of carbonyl (C=O) groups is 2. The van der Waals surface area contributed by atoms with E-state index in [4.69, 9.17) is 5.11 Å². The van der Waals surface area contributed by atoms with E-state index >= 15 is 0 Å². The van der Waals surface area contributed by atoms with Crippen LogP contribution in [0.2, 0.25) is 0 Å². The van der Waals surface area contributed by atoms with Gasteiger partial charge in [-0.15, -0.1) is 0 Å². The molecule has 0 aliphatic heterocycles. The summed E-state index contributed by atoms with van der Waals surface area (Å²) in [6.07, 6.45) is 7.62. The molecular weight excluding hydrogens is 306 g/mol. The van der Waals surface area contributed by atoms with E-state index < -0.39 is 5.97 Å². The van der Waals surface area contributed by atoms with Crippen molar-refractivity contribution in [2.75, 3.05) is 6.54 Å². The first kappa shape index (κ1) is 18.1. The van der Waals surface area contributed by atoms with Crippen LogP contribution < -0.4 is 5.32 Å². The van der Waals surface area contributed by atoms with Crippen LogP contribution in [0.15, 0.2) is 30.2 Å². The van der Waals surface area contributed by atoms with Crippen molar-refractivity contribution < 1.29 is 14.7 Å². The Labute approximate surface area is 142 Å². The van der Waals surface area contributed by atoms with Gasteiger partial charge in [0, 0.05) is 18.9 Å². The molecule has 0 bridgehead atoms. The van der Waals surface area contributed by atoms with Gasteiger partial charge in [0.05, 0.1) is 12.6 Å². The molecule has 0 radical (unpaired) electrons. The fourth-order valence-corrected chi connectivity index (χ4v) is 3.44. The van der Waals surface area contributed by atoms with E-state index in [2.05, 4.69) is 35.2 Å². The summed E-state index contributed by atoms with van der Waals surface area (Å²) in [5, 5.41) is 12.0. The van der Waals surface area contributed by atoms with E-state index in [9.17, 15) is 9.59 Å². The molecule has 1 aromatic rings. The highest BCUT2D eigenvalue weighted by Crippen LogP contribution is 2.38. The minimum absolute atomic E-state index is 0.0850. The highest BCUT2D eigenvalue weighted by Gasteiger charge is 2.32. The maximum absolute atomic E-state index is 12.1. The Balaban J connectivity index is 2.05. The zero-order valence-corrected chi connectivity index (χ0v) is 14.4. The minimum Gasteiger partial charge on any atom is -0.481 e. The third-order valence-corrected chi connectivity index (χ3v) is 4.80. The van der Waals surface area contributed by atoms with Crippen LogP contribution in [-0.2, 0) is 4.79 Å². The smallest absolute Gasteiger partial charge is 0.303 e. The normalized spacial score (nSPS) is 23.7. The predicted molar refractivity (Wildman–Crippen MR) is 90.3 cm³/mol. The summed E-state index contributed by atoms with van der Waals surface area (Å²) in [5.74, 6) is 0.0655. The predicted octanol–water partition coefficient (Wildman–Crippen LogP) is 2.54. The number of hydrogen-bond acceptors (Lipinski definition) is 4. The second-order valence-corrected chi connectivity index (χ2v) is 6.81. The van der Waals surface area contributed by atoms with Crippen molar-refractivity contribution in [3.05, 3.63) is 35.9 Å². The lowest BCUT2D eigenvalue weighted by atomic mass is 9.70. The highest BCUT2D eigenvalue weighted by molar-refractivity contribution is 5.91. The average molecular weight is 331 g/mol. The number of aromatic nitrogens is 2. The van der Waals surface area contributed by atoms with Crippen LogP contribution in [0.1, 0.15) is 44.1 Å². The molecule has 6 nitrogen and oxygen atoms in total. The quantitative estimate of drug-likeness (QED) is 0.782. The van der Waals surface area contributed by atoms with Crippen molar-refractivity contribution in [1.29, 1.82) is 0 Å².